The predicted molar refractivity (Wildman–Crippen MR) is 68.2 cm³/mol. The van der Waals surface area contributed by atoms with E-state index in [9.17, 15) is 4.79 Å². The van der Waals surface area contributed by atoms with Crippen molar-refractivity contribution in [1.82, 2.24) is 20.3 Å². The van der Waals surface area contributed by atoms with Gasteiger partial charge in [-0.3, -0.25) is 0 Å². The van der Waals surface area contributed by atoms with Crippen molar-refractivity contribution in [2.24, 2.45) is 0 Å². The first-order valence-corrected chi connectivity index (χ1v) is 7.04. The zero-order chi connectivity index (χ0) is 14.5. The lowest BCUT2D eigenvalue weighted by Crippen LogP contribution is -2.04. The maximum Gasteiger partial charge on any atom is 0.396 e. The fraction of sp³-hybridized carbons (Fsp3) is 0.545. The molecule has 2 rings (SSSR count). The van der Waals surface area contributed by atoms with Crippen LogP contribution in [0.5, 0.6) is 0 Å². The first kappa shape index (κ1) is 14.5. The van der Waals surface area contributed by atoms with Gasteiger partial charge in [-0.25, -0.2) is 4.79 Å². The van der Waals surface area contributed by atoms with Crippen molar-refractivity contribution < 1.29 is 18.5 Å². The Morgan fingerprint density at radius 2 is 2.20 bits per heavy atom. The average molecular weight is 298 g/mol. The number of hydrogen-bond acceptors (Lipinski definition) is 9. The third-order valence-corrected chi connectivity index (χ3v) is 2.98. The summed E-state index contributed by atoms with van der Waals surface area (Å²) in [6, 6.07) is 0. The van der Waals surface area contributed by atoms with Gasteiger partial charge < -0.3 is 13.7 Å². The first-order valence-electron chi connectivity index (χ1n) is 6.06. The third kappa shape index (κ3) is 3.56. The minimum Gasteiger partial charge on any atom is -0.459 e. The van der Waals surface area contributed by atoms with Gasteiger partial charge in [0.15, 0.2) is 5.82 Å². The molecule has 0 amide bonds. The van der Waals surface area contributed by atoms with Crippen LogP contribution in [0.2, 0.25) is 0 Å². The van der Waals surface area contributed by atoms with Gasteiger partial charge in [-0.15, -0.1) is 5.10 Å². The first-order chi connectivity index (χ1) is 9.60. The Labute approximate surface area is 119 Å². The van der Waals surface area contributed by atoms with Gasteiger partial charge in [-0.2, -0.15) is 4.98 Å². The lowest BCUT2D eigenvalue weighted by Gasteiger charge is -1.94. The fourth-order valence-electron chi connectivity index (χ4n) is 1.23. The maximum atomic E-state index is 11.3. The topological polar surface area (TPSA) is 104 Å². The minimum atomic E-state index is -0.633. The second-order valence-electron chi connectivity index (χ2n) is 4.08. The molecule has 8 nitrogen and oxygen atoms in total. The summed E-state index contributed by atoms with van der Waals surface area (Å²) in [6.45, 7) is 5.91. The third-order valence-electron chi connectivity index (χ3n) is 2.18. The molecule has 0 aliphatic carbocycles. The summed E-state index contributed by atoms with van der Waals surface area (Å²) >= 11 is 1.21. The summed E-state index contributed by atoms with van der Waals surface area (Å²) in [4.78, 5) is 15.6. The predicted octanol–water partition coefficient (Wildman–Crippen LogP) is 2.04. The summed E-state index contributed by atoms with van der Waals surface area (Å²) in [5, 5.41) is 11.4. The van der Waals surface area contributed by atoms with E-state index in [1.807, 2.05) is 13.8 Å². The second-order valence-corrected chi connectivity index (χ2v) is 5.01. The van der Waals surface area contributed by atoms with Crippen molar-refractivity contribution in [2.75, 3.05) is 6.61 Å². The van der Waals surface area contributed by atoms with Crippen LogP contribution < -0.4 is 0 Å². The van der Waals surface area contributed by atoms with Crippen LogP contribution in [0.3, 0.4) is 0 Å². The molecule has 0 bridgehead atoms. The minimum absolute atomic E-state index is 0.164. The molecular weight excluding hydrogens is 284 g/mol. The number of nitrogens with zero attached hydrogens (tertiary/aromatic N) is 4. The molecule has 108 valence electrons. The van der Waals surface area contributed by atoms with E-state index in [2.05, 4.69) is 20.3 Å². The fourth-order valence-corrected chi connectivity index (χ4v) is 1.83. The molecule has 0 fully saturated rings. The van der Waals surface area contributed by atoms with Crippen LogP contribution >= 0.6 is 11.8 Å². The number of esters is 1. The summed E-state index contributed by atoms with van der Waals surface area (Å²) in [7, 11) is 0. The average Bonchev–Trinajstić information content (AvgIpc) is 3.06. The zero-order valence-corrected chi connectivity index (χ0v) is 12.1. The van der Waals surface area contributed by atoms with Gasteiger partial charge in [-0.1, -0.05) is 35.9 Å². The Balaban J connectivity index is 1.92. The van der Waals surface area contributed by atoms with E-state index in [-0.39, 0.29) is 23.6 Å². The van der Waals surface area contributed by atoms with Crippen LogP contribution in [0.1, 0.15) is 49.1 Å². The molecular formula is C11H14N4O4S. The zero-order valence-electron chi connectivity index (χ0n) is 11.3. The molecule has 0 aliphatic heterocycles. The van der Waals surface area contributed by atoms with E-state index in [0.29, 0.717) is 17.5 Å². The second kappa shape index (κ2) is 6.51. The number of aromatic nitrogens is 4. The lowest BCUT2D eigenvalue weighted by molar-refractivity contribution is 0.0475. The van der Waals surface area contributed by atoms with E-state index in [0.717, 1.165) is 0 Å². The number of carbonyl (C=O) groups is 1. The maximum absolute atomic E-state index is 11.3. The number of thioether (sulfide) groups is 1. The van der Waals surface area contributed by atoms with Crippen LogP contribution in [-0.4, -0.2) is 32.9 Å². The Hall–Kier alpha value is -1.90. The largest absolute Gasteiger partial charge is 0.459 e. The highest BCUT2D eigenvalue weighted by Gasteiger charge is 2.17. The van der Waals surface area contributed by atoms with Gasteiger partial charge in [0.05, 0.1) is 12.4 Å². The van der Waals surface area contributed by atoms with Crippen LogP contribution in [0.4, 0.5) is 0 Å². The van der Waals surface area contributed by atoms with Crippen LogP contribution in [0, 0.1) is 0 Å². The van der Waals surface area contributed by atoms with Gasteiger partial charge in [-0.05, 0) is 6.92 Å². The van der Waals surface area contributed by atoms with Gasteiger partial charge >= 0.3 is 11.9 Å². The van der Waals surface area contributed by atoms with Crippen molar-refractivity contribution in [3.05, 3.63) is 17.6 Å². The Morgan fingerprint density at radius 1 is 1.40 bits per heavy atom. The summed E-state index contributed by atoms with van der Waals surface area (Å²) in [5.41, 5.74) is 0. The SMILES string of the molecule is CCOC(=O)c1nnc(SCc2nc(C(C)C)no2)o1. The Morgan fingerprint density at radius 3 is 2.85 bits per heavy atom. The van der Waals surface area contributed by atoms with E-state index in [4.69, 9.17) is 13.7 Å². The highest BCUT2D eigenvalue weighted by Crippen LogP contribution is 2.21. The van der Waals surface area contributed by atoms with Crippen molar-refractivity contribution in [2.45, 2.75) is 37.7 Å². The van der Waals surface area contributed by atoms with Gasteiger partial charge in [0.25, 0.3) is 5.22 Å². The molecule has 0 aromatic carbocycles. The van der Waals surface area contributed by atoms with Crippen molar-refractivity contribution >= 4 is 17.7 Å². The van der Waals surface area contributed by atoms with E-state index >= 15 is 0 Å². The van der Waals surface area contributed by atoms with Crippen LogP contribution in [0.15, 0.2) is 14.2 Å². The molecule has 20 heavy (non-hydrogen) atoms. The molecule has 0 aliphatic rings. The molecule has 2 aromatic heterocycles. The smallest absolute Gasteiger partial charge is 0.396 e. The van der Waals surface area contributed by atoms with Gasteiger partial charge in [0, 0.05) is 5.92 Å². The Bertz CT molecular complexity index is 580. The molecule has 2 heterocycles. The van der Waals surface area contributed by atoms with Gasteiger partial charge in [0.1, 0.15) is 0 Å². The number of carbonyl (C=O) groups excluding carboxylic acids is 1. The molecule has 2 aromatic rings. The molecule has 0 atom stereocenters. The number of rotatable bonds is 6. The molecule has 0 spiro atoms. The monoisotopic (exact) mass is 298 g/mol. The lowest BCUT2D eigenvalue weighted by atomic mass is 10.2. The van der Waals surface area contributed by atoms with Crippen LogP contribution in [0.25, 0.3) is 0 Å². The highest BCUT2D eigenvalue weighted by atomic mass is 32.2. The van der Waals surface area contributed by atoms with E-state index < -0.39 is 5.97 Å². The Kier molecular flexibility index (Phi) is 4.72. The number of hydrogen-bond donors (Lipinski definition) is 0. The van der Waals surface area contributed by atoms with Crippen LogP contribution in [-0.2, 0) is 10.5 Å². The van der Waals surface area contributed by atoms with Crippen molar-refractivity contribution in [1.29, 1.82) is 0 Å². The summed E-state index contributed by atoms with van der Waals surface area (Å²) in [6.07, 6.45) is 0. The normalized spacial score (nSPS) is 11.0. The molecule has 0 radical (unpaired) electrons. The standard InChI is InChI=1S/C11H14N4O4S/c1-4-17-10(16)9-13-14-11(18-9)20-5-7-12-8(6(2)3)15-19-7/h6H,4-5H2,1-3H3. The molecule has 0 saturated heterocycles. The molecule has 9 heteroatoms. The van der Waals surface area contributed by atoms with Crippen molar-refractivity contribution in [3.8, 4) is 0 Å². The van der Waals surface area contributed by atoms with E-state index in [1.165, 1.54) is 11.8 Å². The molecule has 0 N–H and O–H groups in total. The molecule has 0 unspecified atom stereocenters. The number of ether oxygens (including phenoxy) is 1. The van der Waals surface area contributed by atoms with Crippen molar-refractivity contribution in [3.63, 3.8) is 0 Å². The quantitative estimate of drug-likeness (QED) is 0.585. The van der Waals surface area contributed by atoms with Gasteiger partial charge in [0.2, 0.25) is 5.89 Å². The summed E-state index contributed by atoms with van der Waals surface area (Å²) < 4.78 is 15.0. The van der Waals surface area contributed by atoms with E-state index in [1.54, 1.807) is 6.92 Å². The highest BCUT2D eigenvalue weighted by molar-refractivity contribution is 7.98. The summed E-state index contributed by atoms with van der Waals surface area (Å²) in [5.74, 6) is 0.920. The molecule has 0 saturated carbocycles.